The lowest BCUT2D eigenvalue weighted by Crippen LogP contribution is -1.96. The van der Waals surface area contributed by atoms with Gasteiger partial charge in [0.2, 0.25) is 0 Å². The van der Waals surface area contributed by atoms with E-state index in [9.17, 15) is 4.79 Å². The van der Waals surface area contributed by atoms with Crippen molar-refractivity contribution in [1.82, 2.24) is 5.16 Å². The minimum atomic E-state index is -0.0611. The van der Waals surface area contributed by atoms with E-state index < -0.39 is 0 Å². The van der Waals surface area contributed by atoms with Gasteiger partial charge in [0.1, 0.15) is 23.8 Å². The van der Waals surface area contributed by atoms with Gasteiger partial charge < -0.3 is 13.7 Å². The second kappa shape index (κ2) is 8.44. The third-order valence-corrected chi connectivity index (χ3v) is 4.30. The number of ether oxygens (including phenoxy) is 1. The van der Waals surface area contributed by atoms with Gasteiger partial charge in [-0.1, -0.05) is 41.6 Å². The van der Waals surface area contributed by atoms with Crippen LogP contribution in [-0.4, -0.2) is 10.9 Å². The number of ketones is 1. The second-order valence-electron chi connectivity index (χ2n) is 6.51. The molecule has 0 saturated carbocycles. The predicted octanol–water partition coefficient (Wildman–Crippen LogP) is 5.72. The summed E-state index contributed by atoms with van der Waals surface area (Å²) < 4.78 is 16.5. The highest BCUT2D eigenvalue weighted by Crippen LogP contribution is 2.22. The second-order valence-corrected chi connectivity index (χ2v) is 6.51. The fraction of sp³-hybridized carbons (Fsp3) is 0.0833. The molecule has 2 aromatic carbocycles. The molecule has 144 valence electrons. The van der Waals surface area contributed by atoms with Crippen LogP contribution in [0.1, 0.15) is 27.4 Å². The molecule has 0 bridgehead atoms. The molecule has 0 atom stereocenters. The van der Waals surface area contributed by atoms with E-state index in [-0.39, 0.29) is 12.4 Å². The Hall–Kier alpha value is -3.86. The molecule has 0 spiro atoms. The number of hydrogen-bond donors (Lipinski definition) is 0. The molecule has 0 saturated heterocycles. The van der Waals surface area contributed by atoms with Crippen molar-refractivity contribution in [1.29, 1.82) is 0 Å². The lowest BCUT2D eigenvalue weighted by Gasteiger charge is -2.04. The Kier molecular flexibility index (Phi) is 5.38. The van der Waals surface area contributed by atoms with Gasteiger partial charge in [-0.2, -0.15) is 0 Å². The van der Waals surface area contributed by atoms with Gasteiger partial charge in [0.15, 0.2) is 17.3 Å². The number of benzene rings is 2. The molecule has 5 nitrogen and oxygen atoms in total. The van der Waals surface area contributed by atoms with Crippen LogP contribution in [-0.2, 0) is 6.61 Å². The molecule has 0 aliphatic rings. The van der Waals surface area contributed by atoms with E-state index in [1.54, 1.807) is 42.5 Å². The first-order valence-electron chi connectivity index (χ1n) is 9.20. The molecule has 5 heteroatoms. The van der Waals surface area contributed by atoms with Crippen LogP contribution in [0.15, 0.2) is 87.8 Å². The van der Waals surface area contributed by atoms with E-state index >= 15 is 0 Å². The van der Waals surface area contributed by atoms with Crippen molar-refractivity contribution in [2.45, 2.75) is 13.5 Å². The van der Waals surface area contributed by atoms with E-state index in [0.717, 1.165) is 11.3 Å². The molecule has 0 unspecified atom stereocenters. The number of carbonyl (C=O) groups is 1. The lowest BCUT2D eigenvalue weighted by molar-refractivity contribution is 0.104. The summed E-state index contributed by atoms with van der Waals surface area (Å²) in [5.74, 6) is 2.63. The smallest absolute Gasteiger partial charge is 0.185 e. The zero-order valence-electron chi connectivity index (χ0n) is 15.9. The minimum absolute atomic E-state index is 0.0611. The quantitative estimate of drug-likeness (QED) is 0.301. The van der Waals surface area contributed by atoms with Crippen molar-refractivity contribution < 1.29 is 18.5 Å². The van der Waals surface area contributed by atoms with Crippen LogP contribution in [0, 0.1) is 6.92 Å². The fourth-order valence-corrected chi connectivity index (χ4v) is 2.77. The maximum Gasteiger partial charge on any atom is 0.185 e. The van der Waals surface area contributed by atoms with Crippen molar-refractivity contribution in [3.63, 3.8) is 0 Å². The van der Waals surface area contributed by atoms with Gasteiger partial charge in [0.25, 0.3) is 0 Å². The van der Waals surface area contributed by atoms with Gasteiger partial charge in [0.05, 0.1) is 0 Å². The zero-order valence-corrected chi connectivity index (χ0v) is 15.9. The lowest BCUT2D eigenvalue weighted by atomic mass is 10.1. The molecular weight excluding hydrogens is 366 g/mol. The summed E-state index contributed by atoms with van der Waals surface area (Å²) in [5, 5.41) is 3.99. The predicted molar refractivity (Wildman–Crippen MR) is 110 cm³/mol. The molecule has 0 N–H and O–H groups in total. The Balaban J connectivity index is 1.34. The Morgan fingerprint density at radius 2 is 1.83 bits per heavy atom. The van der Waals surface area contributed by atoms with Crippen LogP contribution in [0.2, 0.25) is 0 Å². The van der Waals surface area contributed by atoms with E-state index in [1.165, 1.54) is 0 Å². The maximum atomic E-state index is 12.3. The van der Waals surface area contributed by atoms with Crippen molar-refractivity contribution in [2.75, 3.05) is 0 Å². The fourth-order valence-electron chi connectivity index (χ4n) is 2.77. The molecule has 0 radical (unpaired) electrons. The molecule has 4 rings (SSSR count). The first-order chi connectivity index (χ1) is 14.2. The van der Waals surface area contributed by atoms with E-state index in [1.807, 2.05) is 49.4 Å². The minimum Gasteiger partial charge on any atom is -0.486 e. The molecule has 29 heavy (non-hydrogen) atoms. The molecular formula is C24H19NO4. The average Bonchev–Trinajstić information content (AvgIpc) is 3.40. The van der Waals surface area contributed by atoms with Crippen molar-refractivity contribution in [2.24, 2.45) is 0 Å². The summed E-state index contributed by atoms with van der Waals surface area (Å²) >= 11 is 0. The number of aromatic nitrogens is 1. The largest absolute Gasteiger partial charge is 0.486 e. The van der Waals surface area contributed by atoms with Gasteiger partial charge in [0, 0.05) is 11.6 Å². The highest BCUT2D eigenvalue weighted by molar-refractivity contribution is 6.06. The highest BCUT2D eigenvalue weighted by Gasteiger charge is 2.10. The first-order valence-corrected chi connectivity index (χ1v) is 9.20. The summed E-state index contributed by atoms with van der Waals surface area (Å²) in [6.45, 7) is 2.10. The SMILES string of the molecule is Cc1ccc(-c2cc(COc3ccc(C(=O)/C=C/c4ccccc4)cc3)on2)o1. The van der Waals surface area contributed by atoms with Crippen LogP contribution in [0.5, 0.6) is 5.75 Å². The molecule has 2 heterocycles. The third kappa shape index (κ3) is 4.71. The van der Waals surface area contributed by atoms with Crippen LogP contribution in [0.25, 0.3) is 17.5 Å². The highest BCUT2D eigenvalue weighted by atomic mass is 16.5. The molecule has 0 fully saturated rings. The standard InChI is InChI=1S/C24H19NO4/c1-17-7-14-24(28-17)22-15-21(29-25-22)16-27-20-11-9-19(10-12-20)23(26)13-8-18-5-3-2-4-6-18/h2-15H,16H2,1H3/b13-8+. The first kappa shape index (κ1) is 18.5. The molecule has 2 aromatic heterocycles. The van der Waals surface area contributed by atoms with Gasteiger partial charge in [-0.15, -0.1) is 0 Å². The Bertz CT molecular complexity index is 1120. The summed E-state index contributed by atoms with van der Waals surface area (Å²) in [6, 6.07) is 22.2. The Labute approximate surface area is 168 Å². The van der Waals surface area contributed by atoms with Gasteiger partial charge >= 0.3 is 0 Å². The Morgan fingerprint density at radius 3 is 2.55 bits per heavy atom. The normalized spacial score (nSPS) is 11.1. The van der Waals surface area contributed by atoms with Gasteiger partial charge in [-0.05, 0) is 55.0 Å². The van der Waals surface area contributed by atoms with Crippen LogP contribution < -0.4 is 4.74 Å². The summed E-state index contributed by atoms with van der Waals surface area (Å²) in [7, 11) is 0. The zero-order chi connectivity index (χ0) is 20.1. The molecule has 0 aliphatic carbocycles. The van der Waals surface area contributed by atoms with Crippen LogP contribution >= 0.6 is 0 Å². The molecule has 0 aliphatic heterocycles. The topological polar surface area (TPSA) is 65.5 Å². The molecule has 4 aromatic rings. The summed E-state index contributed by atoms with van der Waals surface area (Å²) in [6.07, 6.45) is 3.37. The number of hydrogen-bond acceptors (Lipinski definition) is 5. The van der Waals surface area contributed by atoms with Gasteiger partial charge in [-0.3, -0.25) is 4.79 Å². The number of furan rings is 1. The van der Waals surface area contributed by atoms with Crippen LogP contribution in [0.3, 0.4) is 0 Å². The maximum absolute atomic E-state index is 12.3. The number of allylic oxidation sites excluding steroid dienone is 1. The van der Waals surface area contributed by atoms with Gasteiger partial charge in [-0.25, -0.2) is 0 Å². The van der Waals surface area contributed by atoms with E-state index in [2.05, 4.69) is 5.16 Å². The third-order valence-electron chi connectivity index (χ3n) is 4.30. The van der Waals surface area contributed by atoms with Crippen molar-refractivity contribution in [3.8, 4) is 17.2 Å². The van der Waals surface area contributed by atoms with Crippen LogP contribution in [0.4, 0.5) is 0 Å². The average molecular weight is 385 g/mol. The number of aryl methyl sites for hydroxylation is 1. The summed E-state index contributed by atoms with van der Waals surface area (Å²) in [4.78, 5) is 12.3. The van der Waals surface area contributed by atoms with Crippen molar-refractivity contribution >= 4 is 11.9 Å². The molecule has 0 amide bonds. The monoisotopic (exact) mass is 385 g/mol. The van der Waals surface area contributed by atoms with E-state index in [0.29, 0.717) is 28.5 Å². The van der Waals surface area contributed by atoms with Crippen molar-refractivity contribution in [3.05, 3.63) is 102 Å². The van der Waals surface area contributed by atoms with E-state index in [4.69, 9.17) is 13.7 Å². The number of carbonyl (C=O) groups excluding carboxylic acids is 1. The number of nitrogens with zero attached hydrogens (tertiary/aromatic N) is 1. The Morgan fingerprint density at radius 1 is 1.03 bits per heavy atom. The summed E-state index contributed by atoms with van der Waals surface area (Å²) in [5.41, 5.74) is 2.21. The number of rotatable bonds is 7.